The average molecular weight is 474 g/mol. The summed E-state index contributed by atoms with van der Waals surface area (Å²) in [6, 6.07) is 12.7. The van der Waals surface area contributed by atoms with Crippen LogP contribution in [0, 0.1) is 0 Å². The van der Waals surface area contributed by atoms with Crippen molar-refractivity contribution in [1.82, 2.24) is 9.21 Å². The quantitative estimate of drug-likeness (QED) is 0.666. The molecule has 2 atom stereocenters. The number of morpholine rings is 1. The maximum atomic E-state index is 13.1. The van der Waals surface area contributed by atoms with Crippen LogP contribution in [0.2, 0.25) is 0 Å². The fourth-order valence-electron chi connectivity index (χ4n) is 3.90. The van der Waals surface area contributed by atoms with E-state index < -0.39 is 15.9 Å². The maximum absolute atomic E-state index is 13.1. The molecule has 9 heteroatoms. The van der Waals surface area contributed by atoms with Gasteiger partial charge in [-0.3, -0.25) is 9.59 Å². The first-order valence-corrected chi connectivity index (χ1v) is 12.6. The number of nitrogens with zero attached hydrogens (tertiary/aromatic N) is 2. The van der Waals surface area contributed by atoms with Crippen molar-refractivity contribution in [3.8, 4) is 0 Å². The predicted octanol–water partition coefficient (Wildman–Crippen LogP) is 3.22. The van der Waals surface area contributed by atoms with Gasteiger partial charge in [-0.05, 0) is 64.1 Å². The minimum Gasteiger partial charge on any atom is -0.373 e. The highest BCUT2D eigenvalue weighted by Gasteiger charge is 2.32. The van der Waals surface area contributed by atoms with Crippen LogP contribution >= 0.6 is 0 Å². The van der Waals surface area contributed by atoms with Crippen LogP contribution in [0.5, 0.6) is 0 Å². The Kier molecular flexibility index (Phi) is 7.88. The monoisotopic (exact) mass is 473 g/mol. The highest BCUT2D eigenvalue weighted by Crippen LogP contribution is 2.22. The molecule has 0 spiro atoms. The third kappa shape index (κ3) is 5.79. The molecule has 0 saturated carbocycles. The van der Waals surface area contributed by atoms with E-state index in [9.17, 15) is 18.0 Å². The van der Waals surface area contributed by atoms with Gasteiger partial charge in [-0.15, -0.1) is 0 Å². The highest BCUT2D eigenvalue weighted by molar-refractivity contribution is 7.89. The Morgan fingerprint density at radius 3 is 2.24 bits per heavy atom. The first kappa shape index (κ1) is 24.9. The van der Waals surface area contributed by atoms with Crippen molar-refractivity contribution < 1.29 is 22.7 Å². The number of carbonyl (C=O) groups excluding carboxylic acids is 2. The van der Waals surface area contributed by atoms with Crippen LogP contribution in [-0.4, -0.2) is 67.8 Å². The molecule has 2 aromatic carbocycles. The van der Waals surface area contributed by atoms with Crippen LogP contribution in [0.3, 0.4) is 0 Å². The first-order valence-electron chi connectivity index (χ1n) is 11.1. The number of hydrogen-bond acceptors (Lipinski definition) is 5. The number of nitrogens with one attached hydrogen (secondary N) is 1. The molecule has 1 heterocycles. The molecule has 2 amide bonds. The molecule has 0 aromatic heterocycles. The summed E-state index contributed by atoms with van der Waals surface area (Å²) < 4.78 is 33.3. The van der Waals surface area contributed by atoms with Gasteiger partial charge < -0.3 is 15.0 Å². The zero-order chi connectivity index (χ0) is 24.2. The zero-order valence-electron chi connectivity index (χ0n) is 19.4. The summed E-state index contributed by atoms with van der Waals surface area (Å²) in [5, 5.41) is 2.76. The second kappa shape index (κ2) is 10.5. The summed E-state index contributed by atoms with van der Waals surface area (Å²) in [5.74, 6) is -0.568. The predicted molar refractivity (Wildman–Crippen MR) is 127 cm³/mol. The van der Waals surface area contributed by atoms with Crippen molar-refractivity contribution in [3.63, 3.8) is 0 Å². The molecular weight excluding hydrogens is 442 g/mol. The van der Waals surface area contributed by atoms with Gasteiger partial charge in [0.1, 0.15) is 0 Å². The van der Waals surface area contributed by atoms with Gasteiger partial charge in [-0.25, -0.2) is 8.42 Å². The van der Waals surface area contributed by atoms with Gasteiger partial charge in [0.05, 0.1) is 17.1 Å². The third-order valence-electron chi connectivity index (χ3n) is 5.54. The van der Waals surface area contributed by atoms with E-state index in [4.69, 9.17) is 4.74 Å². The van der Waals surface area contributed by atoms with E-state index in [2.05, 4.69) is 5.32 Å². The topological polar surface area (TPSA) is 96.0 Å². The molecule has 0 unspecified atom stereocenters. The van der Waals surface area contributed by atoms with Crippen molar-refractivity contribution in [2.24, 2.45) is 0 Å². The number of benzene rings is 2. The molecule has 1 saturated heterocycles. The lowest BCUT2D eigenvalue weighted by molar-refractivity contribution is -0.0440. The standard InChI is InChI=1S/C24H31N3O5S/c1-5-26(6-2)24(29)20-10-7-11-21(13-20)25-23(28)19-9-8-12-22(14-19)33(30,31)27-15-17(3)32-18(4)16-27/h7-14,17-18H,5-6,15-16H2,1-4H3,(H,25,28)/t17-,18-/m1/s1. The molecule has 33 heavy (non-hydrogen) atoms. The minimum atomic E-state index is -3.77. The lowest BCUT2D eigenvalue weighted by Crippen LogP contribution is -2.48. The van der Waals surface area contributed by atoms with Crippen molar-refractivity contribution in [3.05, 3.63) is 59.7 Å². The summed E-state index contributed by atoms with van der Waals surface area (Å²) in [4.78, 5) is 27.2. The normalized spacial score (nSPS) is 19.2. The molecular formula is C24H31N3O5S. The fourth-order valence-corrected chi connectivity index (χ4v) is 5.54. The molecule has 8 nitrogen and oxygen atoms in total. The Bertz CT molecular complexity index is 1100. The smallest absolute Gasteiger partial charge is 0.255 e. The first-order chi connectivity index (χ1) is 15.6. The Labute approximate surface area is 195 Å². The summed E-state index contributed by atoms with van der Waals surface area (Å²) in [5.41, 5.74) is 1.15. The van der Waals surface area contributed by atoms with Crippen molar-refractivity contribution >= 4 is 27.5 Å². The molecule has 0 aliphatic carbocycles. The van der Waals surface area contributed by atoms with E-state index in [-0.39, 0.29) is 41.7 Å². The van der Waals surface area contributed by atoms with E-state index in [1.807, 2.05) is 27.7 Å². The van der Waals surface area contributed by atoms with Gasteiger partial charge in [0.2, 0.25) is 10.0 Å². The number of carbonyl (C=O) groups is 2. The molecule has 1 fully saturated rings. The molecule has 2 aromatic rings. The van der Waals surface area contributed by atoms with Gasteiger partial charge in [-0.1, -0.05) is 12.1 Å². The van der Waals surface area contributed by atoms with Gasteiger partial charge in [0.25, 0.3) is 11.8 Å². The van der Waals surface area contributed by atoms with E-state index in [0.717, 1.165) is 0 Å². The van der Waals surface area contributed by atoms with Gasteiger partial charge in [-0.2, -0.15) is 4.31 Å². The number of rotatable bonds is 7. The van der Waals surface area contributed by atoms with Crippen molar-refractivity contribution in [1.29, 1.82) is 0 Å². The molecule has 0 bridgehead atoms. The number of anilines is 1. The largest absolute Gasteiger partial charge is 0.373 e. The molecule has 1 N–H and O–H groups in total. The summed E-state index contributed by atoms with van der Waals surface area (Å²) in [6.45, 7) is 9.19. The van der Waals surface area contributed by atoms with Crippen LogP contribution < -0.4 is 5.32 Å². The van der Waals surface area contributed by atoms with Crippen LogP contribution in [0.4, 0.5) is 5.69 Å². The lowest BCUT2D eigenvalue weighted by Gasteiger charge is -2.34. The van der Waals surface area contributed by atoms with Crippen molar-refractivity contribution in [2.45, 2.75) is 44.8 Å². The van der Waals surface area contributed by atoms with Crippen molar-refractivity contribution in [2.75, 3.05) is 31.5 Å². The number of amides is 2. The van der Waals surface area contributed by atoms with Gasteiger partial charge in [0.15, 0.2) is 0 Å². The van der Waals surface area contributed by atoms with E-state index >= 15 is 0 Å². The molecule has 3 rings (SSSR count). The third-order valence-corrected chi connectivity index (χ3v) is 7.37. The molecule has 0 radical (unpaired) electrons. The highest BCUT2D eigenvalue weighted by atomic mass is 32.2. The summed E-state index contributed by atoms with van der Waals surface area (Å²) in [7, 11) is -3.77. The van der Waals surface area contributed by atoms with Crippen LogP contribution in [0.15, 0.2) is 53.4 Å². The zero-order valence-corrected chi connectivity index (χ0v) is 20.3. The van der Waals surface area contributed by atoms with Gasteiger partial charge in [0, 0.05) is 43.0 Å². The second-order valence-electron chi connectivity index (χ2n) is 8.12. The molecule has 178 valence electrons. The maximum Gasteiger partial charge on any atom is 0.255 e. The molecule has 1 aliphatic rings. The SMILES string of the molecule is CCN(CC)C(=O)c1cccc(NC(=O)c2cccc(S(=O)(=O)N3C[C@@H](C)O[C@H](C)C3)c2)c1. The van der Waals surface area contributed by atoms with Crippen LogP contribution in [0.25, 0.3) is 0 Å². The fraction of sp³-hybridized carbons (Fsp3) is 0.417. The number of sulfonamides is 1. The van der Waals surface area contributed by atoms with E-state index in [1.54, 1.807) is 41.3 Å². The Hall–Kier alpha value is -2.75. The van der Waals surface area contributed by atoms with E-state index in [0.29, 0.717) is 24.3 Å². The minimum absolute atomic E-state index is 0.0573. The van der Waals surface area contributed by atoms with E-state index in [1.165, 1.54) is 16.4 Å². The second-order valence-corrected chi connectivity index (χ2v) is 10.1. The summed E-state index contributed by atoms with van der Waals surface area (Å²) in [6.07, 6.45) is -0.414. The Balaban J connectivity index is 1.79. The van der Waals surface area contributed by atoms with Crippen LogP contribution in [0.1, 0.15) is 48.4 Å². The average Bonchev–Trinajstić information content (AvgIpc) is 2.79. The number of ether oxygens (including phenoxy) is 1. The number of hydrogen-bond donors (Lipinski definition) is 1. The molecule has 1 aliphatic heterocycles. The Morgan fingerprint density at radius 1 is 1.00 bits per heavy atom. The van der Waals surface area contributed by atoms with Crippen LogP contribution in [-0.2, 0) is 14.8 Å². The Morgan fingerprint density at radius 2 is 1.61 bits per heavy atom. The lowest BCUT2D eigenvalue weighted by atomic mass is 10.1. The van der Waals surface area contributed by atoms with Gasteiger partial charge >= 0.3 is 0 Å². The summed E-state index contributed by atoms with van der Waals surface area (Å²) >= 11 is 0.